The summed E-state index contributed by atoms with van der Waals surface area (Å²) >= 11 is 0. The van der Waals surface area contributed by atoms with Gasteiger partial charge in [-0.2, -0.15) is 0 Å². The molecule has 5 N–H and O–H groups in total. The van der Waals surface area contributed by atoms with E-state index in [0.717, 1.165) is 23.8 Å². The van der Waals surface area contributed by atoms with Gasteiger partial charge in [-0.05, 0) is 50.3 Å². The van der Waals surface area contributed by atoms with Crippen molar-refractivity contribution in [1.82, 2.24) is 5.32 Å². The summed E-state index contributed by atoms with van der Waals surface area (Å²) < 4.78 is 5.74. The van der Waals surface area contributed by atoms with E-state index in [9.17, 15) is 30.0 Å². The van der Waals surface area contributed by atoms with Crippen molar-refractivity contribution in [2.75, 3.05) is 0 Å². The first kappa shape index (κ1) is 23.7. The van der Waals surface area contributed by atoms with Crippen LogP contribution in [0.15, 0.2) is 36.0 Å². The molecule has 1 amide bonds. The van der Waals surface area contributed by atoms with Crippen molar-refractivity contribution in [3.8, 4) is 0 Å². The van der Waals surface area contributed by atoms with Crippen LogP contribution in [-0.4, -0.2) is 67.4 Å². The summed E-state index contributed by atoms with van der Waals surface area (Å²) in [4.78, 5) is 26.1. The van der Waals surface area contributed by atoms with E-state index < -0.39 is 46.8 Å². The molecule has 2 aliphatic heterocycles. The van der Waals surface area contributed by atoms with Gasteiger partial charge in [0.25, 0.3) is 5.91 Å². The smallest absolute Gasteiger partial charge is 0.331 e. The summed E-state index contributed by atoms with van der Waals surface area (Å²) in [6.45, 7) is 9.06. The monoisotopic (exact) mass is 435 g/mol. The number of carbonyl (C=O) groups is 2. The molecule has 1 spiro atoms. The van der Waals surface area contributed by atoms with Crippen molar-refractivity contribution in [3.63, 3.8) is 0 Å². The average Bonchev–Trinajstić information content (AvgIpc) is 2.93. The molecule has 3 aliphatic rings. The molecule has 8 atom stereocenters. The van der Waals surface area contributed by atoms with E-state index >= 15 is 0 Å². The fourth-order valence-electron chi connectivity index (χ4n) is 5.12. The lowest BCUT2D eigenvalue weighted by Crippen LogP contribution is -2.66. The van der Waals surface area contributed by atoms with Gasteiger partial charge in [-0.1, -0.05) is 32.4 Å². The molecular formula is C23H33NO7. The Balaban J connectivity index is 2.26. The molecule has 0 radical (unpaired) electrons. The molecule has 172 valence electrons. The lowest BCUT2D eigenvalue weighted by Gasteiger charge is -2.49. The standard InChI is InChI=1S/C23H33NO7/c1-12(2)10-15-18-14(4)13(3)11-22(30)9-8-21(5,29)19(27)16(25)6-7-17(26)31-23(18,22)20(28)24-15/h6-9,11-12,14-16,18-19,25,27,29-30H,10H2,1-5H3,(H,24,28)/b7-6-,9-8-/t14-,15+,16+,18-,19+,21-,22+,23+/m0/s1. The van der Waals surface area contributed by atoms with Crippen molar-refractivity contribution in [1.29, 1.82) is 0 Å². The number of nitrogens with one attached hydrogen (secondary N) is 1. The number of aliphatic hydroxyl groups is 4. The highest BCUT2D eigenvalue weighted by molar-refractivity contribution is 5.95. The number of amides is 1. The number of esters is 1. The maximum absolute atomic E-state index is 13.4. The van der Waals surface area contributed by atoms with Crippen LogP contribution in [0.1, 0.15) is 41.0 Å². The van der Waals surface area contributed by atoms with Gasteiger partial charge in [-0.15, -0.1) is 0 Å². The molecule has 2 heterocycles. The molecule has 0 aromatic heterocycles. The zero-order chi connectivity index (χ0) is 23.4. The second kappa shape index (κ2) is 7.85. The van der Waals surface area contributed by atoms with E-state index in [2.05, 4.69) is 5.32 Å². The molecule has 0 bridgehead atoms. The van der Waals surface area contributed by atoms with Crippen molar-refractivity contribution in [2.45, 2.75) is 76.1 Å². The highest BCUT2D eigenvalue weighted by atomic mass is 16.6. The molecule has 0 unspecified atom stereocenters. The molecule has 1 saturated heterocycles. The fraction of sp³-hybridized carbons (Fsp3) is 0.652. The lowest BCUT2D eigenvalue weighted by molar-refractivity contribution is -0.192. The van der Waals surface area contributed by atoms with Crippen LogP contribution in [-0.2, 0) is 14.3 Å². The van der Waals surface area contributed by atoms with Crippen molar-refractivity contribution in [3.05, 3.63) is 36.0 Å². The number of carbonyl (C=O) groups excluding carboxylic acids is 2. The van der Waals surface area contributed by atoms with Crippen molar-refractivity contribution >= 4 is 11.9 Å². The minimum Gasteiger partial charge on any atom is -0.441 e. The second-order valence-corrected chi connectivity index (χ2v) is 9.75. The number of allylic oxidation sites excluding steroid dienone is 1. The van der Waals surface area contributed by atoms with Crippen LogP contribution in [0.5, 0.6) is 0 Å². The van der Waals surface area contributed by atoms with Crippen LogP contribution < -0.4 is 5.32 Å². The lowest BCUT2D eigenvalue weighted by atomic mass is 9.61. The Morgan fingerprint density at radius 3 is 2.45 bits per heavy atom. The Morgan fingerprint density at radius 2 is 1.84 bits per heavy atom. The zero-order valence-corrected chi connectivity index (χ0v) is 18.6. The van der Waals surface area contributed by atoms with Crippen LogP contribution in [0, 0.1) is 17.8 Å². The molecule has 8 nitrogen and oxygen atoms in total. The molecule has 3 rings (SSSR count). The van der Waals surface area contributed by atoms with Gasteiger partial charge in [0.2, 0.25) is 5.60 Å². The SMILES string of the molecule is CC1=C[C@]2(O)/C=C\[C@](C)(O)[C@H](O)[C@H](O)/C=C\C(=O)O[C@]23C(=O)N[C@H](CC(C)C)[C@@H]3[C@H]1C. The van der Waals surface area contributed by atoms with Crippen LogP contribution in [0.25, 0.3) is 0 Å². The number of ether oxygens (including phenoxy) is 1. The minimum absolute atomic E-state index is 0.185. The highest BCUT2D eigenvalue weighted by Crippen LogP contribution is 2.52. The number of hydrogen-bond acceptors (Lipinski definition) is 7. The van der Waals surface area contributed by atoms with Gasteiger partial charge in [0, 0.05) is 18.0 Å². The predicted molar refractivity (Wildman–Crippen MR) is 112 cm³/mol. The topological polar surface area (TPSA) is 136 Å². The molecule has 0 saturated carbocycles. The summed E-state index contributed by atoms with van der Waals surface area (Å²) in [5, 5.41) is 45.9. The Bertz CT molecular complexity index is 845. The van der Waals surface area contributed by atoms with E-state index in [-0.39, 0.29) is 17.9 Å². The normalized spacial score (nSPS) is 47.4. The molecule has 1 fully saturated rings. The first-order chi connectivity index (χ1) is 14.2. The van der Waals surface area contributed by atoms with E-state index in [1.165, 1.54) is 19.1 Å². The van der Waals surface area contributed by atoms with E-state index in [4.69, 9.17) is 4.74 Å². The van der Waals surface area contributed by atoms with E-state index in [1.807, 2.05) is 27.7 Å². The fourth-order valence-corrected chi connectivity index (χ4v) is 5.12. The Hall–Kier alpha value is -2.00. The third-order valence-electron chi connectivity index (χ3n) is 6.87. The maximum Gasteiger partial charge on any atom is 0.331 e. The molecular weight excluding hydrogens is 402 g/mol. The summed E-state index contributed by atoms with van der Waals surface area (Å²) in [6.07, 6.45) is 3.06. The van der Waals surface area contributed by atoms with Gasteiger partial charge in [0.1, 0.15) is 17.8 Å². The third kappa shape index (κ3) is 3.75. The summed E-state index contributed by atoms with van der Waals surface area (Å²) in [7, 11) is 0. The Kier molecular flexibility index (Phi) is 5.99. The predicted octanol–water partition coefficient (Wildman–Crippen LogP) is 0.355. The summed E-state index contributed by atoms with van der Waals surface area (Å²) in [6, 6.07) is -0.343. The van der Waals surface area contributed by atoms with Crippen LogP contribution in [0.2, 0.25) is 0 Å². The molecule has 0 aromatic carbocycles. The van der Waals surface area contributed by atoms with Gasteiger partial charge in [0.05, 0.1) is 0 Å². The maximum atomic E-state index is 13.4. The number of aliphatic hydroxyl groups excluding tert-OH is 2. The minimum atomic E-state index is -2.08. The highest BCUT2D eigenvalue weighted by Gasteiger charge is 2.70. The van der Waals surface area contributed by atoms with Crippen LogP contribution in [0.3, 0.4) is 0 Å². The van der Waals surface area contributed by atoms with Gasteiger partial charge in [-0.3, -0.25) is 4.79 Å². The first-order valence-corrected chi connectivity index (χ1v) is 10.7. The molecule has 1 aliphatic carbocycles. The van der Waals surface area contributed by atoms with Gasteiger partial charge < -0.3 is 30.5 Å². The quantitative estimate of drug-likeness (QED) is 0.312. The number of rotatable bonds is 2. The van der Waals surface area contributed by atoms with E-state index in [0.29, 0.717) is 6.42 Å². The average molecular weight is 436 g/mol. The summed E-state index contributed by atoms with van der Waals surface area (Å²) in [5.74, 6) is -2.07. The third-order valence-corrected chi connectivity index (χ3v) is 6.87. The van der Waals surface area contributed by atoms with Crippen molar-refractivity contribution in [2.24, 2.45) is 17.8 Å². The molecule has 0 aromatic rings. The first-order valence-electron chi connectivity index (χ1n) is 10.7. The van der Waals surface area contributed by atoms with Gasteiger partial charge >= 0.3 is 5.97 Å². The zero-order valence-electron chi connectivity index (χ0n) is 18.6. The second-order valence-electron chi connectivity index (χ2n) is 9.75. The Morgan fingerprint density at radius 1 is 1.19 bits per heavy atom. The van der Waals surface area contributed by atoms with Gasteiger partial charge in [0.15, 0.2) is 5.60 Å². The van der Waals surface area contributed by atoms with E-state index in [1.54, 1.807) is 0 Å². The Labute approximate surface area is 182 Å². The molecule has 8 heteroatoms. The number of hydrogen-bond donors (Lipinski definition) is 5. The van der Waals surface area contributed by atoms with Crippen LogP contribution in [0.4, 0.5) is 0 Å². The summed E-state index contributed by atoms with van der Waals surface area (Å²) in [5.41, 5.74) is -5.20. The van der Waals surface area contributed by atoms with Crippen LogP contribution >= 0.6 is 0 Å². The van der Waals surface area contributed by atoms with Gasteiger partial charge in [-0.25, -0.2) is 4.79 Å². The van der Waals surface area contributed by atoms with Crippen molar-refractivity contribution < 1.29 is 34.8 Å². The largest absolute Gasteiger partial charge is 0.441 e. The molecule has 31 heavy (non-hydrogen) atoms.